The van der Waals surface area contributed by atoms with E-state index in [1.807, 2.05) is 0 Å². The Morgan fingerprint density at radius 1 is 1.30 bits per heavy atom. The molecule has 1 fully saturated rings. The number of amides is 1. The lowest BCUT2D eigenvalue weighted by atomic mass is 9.97. The molecule has 0 bridgehead atoms. The third-order valence-electron chi connectivity index (χ3n) is 4.23. The van der Waals surface area contributed by atoms with Gasteiger partial charge in [-0.1, -0.05) is 12.8 Å². The van der Waals surface area contributed by atoms with Gasteiger partial charge >= 0.3 is 0 Å². The summed E-state index contributed by atoms with van der Waals surface area (Å²) >= 11 is 0. The standard InChI is InChI=1S/C16H33N3O/c1-14(2)19-11-7-8-15(13-19)12-18-16(20)9-5-3-4-6-10-17/h14-15H,3-13,17H2,1-2H3,(H,18,20). The van der Waals surface area contributed by atoms with Crippen molar-refractivity contribution in [2.45, 2.75) is 64.8 Å². The lowest BCUT2D eigenvalue weighted by molar-refractivity contribution is -0.121. The first-order valence-electron chi connectivity index (χ1n) is 8.34. The van der Waals surface area contributed by atoms with E-state index in [1.165, 1.54) is 19.4 Å². The van der Waals surface area contributed by atoms with E-state index in [4.69, 9.17) is 5.73 Å². The molecular weight excluding hydrogens is 250 g/mol. The fraction of sp³-hybridized carbons (Fsp3) is 0.938. The van der Waals surface area contributed by atoms with Crippen molar-refractivity contribution in [1.29, 1.82) is 0 Å². The van der Waals surface area contributed by atoms with E-state index in [0.29, 0.717) is 18.4 Å². The predicted octanol–water partition coefficient (Wildman–Crippen LogP) is 2.13. The zero-order chi connectivity index (χ0) is 14.8. The molecule has 0 spiro atoms. The van der Waals surface area contributed by atoms with Crippen molar-refractivity contribution in [3.8, 4) is 0 Å². The van der Waals surface area contributed by atoms with Crippen molar-refractivity contribution < 1.29 is 4.79 Å². The van der Waals surface area contributed by atoms with E-state index in [-0.39, 0.29) is 5.91 Å². The molecule has 4 nitrogen and oxygen atoms in total. The van der Waals surface area contributed by atoms with Crippen LogP contribution in [0.4, 0.5) is 0 Å². The van der Waals surface area contributed by atoms with Gasteiger partial charge in [0.05, 0.1) is 0 Å². The molecule has 1 saturated heterocycles. The average Bonchev–Trinajstić information content (AvgIpc) is 2.45. The van der Waals surface area contributed by atoms with Crippen molar-refractivity contribution in [3.63, 3.8) is 0 Å². The minimum absolute atomic E-state index is 0.222. The Bertz CT molecular complexity index is 268. The van der Waals surface area contributed by atoms with Crippen LogP contribution in [-0.2, 0) is 4.79 Å². The van der Waals surface area contributed by atoms with Gasteiger partial charge in [-0.15, -0.1) is 0 Å². The number of nitrogens with two attached hydrogens (primary N) is 1. The smallest absolute Gasteiger partial charge is 0.220 e. The zero-order valence-corrected chi connectivity index (χ0v) is 13.4. The summed E-state index contributed by atoms with van der Waals surface area (Å²) in [4.78, 5) is 14.3. The summed E-state index contributed by atoms with van der Waals surface area (Å²) in [5, 5.41) is 3.11. The zero-order valence-electron chi connectivity index (χ0n) is 13.4. The van der Waals surface area contributed by atoms with Crippen molar-refractivity contribution in [1.82, 2.24) is 10.2 Å². The Morgan fingerprint density at radius 2 is 2.05 bits per heavy atom. The average molecular weight is 283 g/mol. The van der Waals surface area contributed by atoms with Crippen molar-refractivity contribution in [2.24, 2.45) is 11.7 Å². The second-order valence-electron chi connectivity index (χ2n) is 6.35. The van der Waals surface area contributed by atoms with Crippen LogP contribution in [0.1, 0.15) is 58.8 Å². The molecule has 0 aromatic heterocycles. The van der Waals surface area contributed by atoms with Crippen LogP contribution in [0.5, 0.6) is 0 Å². The molecule has 118 valence electrons. The van der Waals surface area contributed by atoms with Crippen LogP contribution in [0.3, 0.4) is 0 Å². The monoisotopic (exact) mass is 283 g/mol. The van der Waals surface area contributed by atoms with Gasteiger partial charge in [0, 0.05) is 25.6 Å². The summed E-state index contributed by atoms with van der Waals surface area (Å²) in [6, 6.07) is 0.621. The molecule has 3 N–H and O–H groups in total. The molecule has 1 amide bonds. The number of nitrogens with zero attached hydrogens (tertiary/aromatic N) is 1. The van der Waals surface area contributed by atoms with Gasteiger partial charge in [-0.3, -0.25) is 4.79 Å². The highest BCUT2D eigenvalue weighted by atomic mass is 16.1. The fourth-order valence-electron chi connectivity index (χ4n) is 2.86. The summed E-state index contributed by atoms with van der Waals surface area (Å²) in [5.74, 6) is 0.853. The molecule has 4 heteroatoms. The summed E-state index contributed by atoms with van der Waals surface area (Å²) < 4.78 is 0. The molecule has 1 aliphatic heterocycles. The highest BCUT2D eigenvalue weighted by Gasteiger charge is 2.21. The SMILES string of the molecule is CC(C)N1CCCC(CNC(=O)CCCCCCN)C1. The lowest BCUT2D eigenvalue weighted by Gasteiger charge is -2.35. The topological polar surface area (TPSA) is 58.4 Å². The lowest BCUT2D eigenvalue weighted by Crippen LogP contribution is -2.43. The quantitative estimate of drug-likeness (QED) is 0.637. The van der Waals surface area contributed by atoms with Gasteiger partial charge in [-0.2, -0.15) is 0 Å². The number of piperidine rings is 1. The third-order valence-corrected chi connectivity index (χ3v) is 4.23. The van der Waals surface area contributed by atoms with Gasteiger partial charge < -0.3 is 16.0 Å². The van der Waals surface area contributed by atoms with Gasteiger partial charge in [0.25, 0.3) is 0 Å². The number of unbranched alkanes of at least 4 members (excludes halogenated alkanes) is 3. The molecule has 20 heavy (non-hydrogen) atoms. The predicted molar refractivity (Wildman–Crippen MR) is 84.6 cm³/mol. The number of rotatable bonds is 9. The largest absolute Gasteiger partial charge is 0.356 e. The van der Waals surface area contributed by atoms with Crippen molar-refractivity contribution in [3.05, 3.63) is 0 Å². The van der Waals surface area contributed by atoms with E-state index in [9.17, 15) is 4.79 Å². The molecule has 0 radical (unpaired) electrons. The highest BCUT2D eigenvalue weighted by molar-refractivity contribution is 5.75. The van der Waals surface area contributed by atoms with E-state index in [0.717, 1.165) is 45.3 Å². The Kier molecular flexibility index (Phi) is 8.86. The number of likely N-dealkylation sites (tertiary alicyclic amines) is 1. The Labute approximate surface area is 124 Å². The minimum Gasteiger partial charge on any atom is -0.356 e. The van der Waals surface area contributed by atoms with Crippen molar-refractivity contribution >= 4 is 5.91 Å². The number of hydrogen-bond acceptors (Lipinski definition) is 3. The van der Waals surface area contributed by atoms with Gasteiger partial charge in [0.2, 0.25) is 5.91 Å². The first-order valence-corrected chi connectivity index (χ1v) is 8.34. The van der Waals surface area contributed by atoms with Crippen LogP contribution in [0, 0.1) is 5.92 Å². The van der Waals surface area contributed by atoms with E-state index < -0.39 is 0 Å². The van der Waals surface area contributed by atoms with E-state index in [1.54, 1.807) is 0 Å². The van der Waals surface area contributed by atoms with Crippen LogP contribution < -0.4 is 11.1 Å². The molecule has 0 saturated carbocycles. The van der Waals surface area contributed by atoms with Crippen LogP contribution >= 0.6 is 0 Å². The van der Waals surface area contributed by atoms with Gasteiger partial charge in [-0.25, -0.2) is 0 Å². The Morgan fingerprint density at radius 3 is 2.75 bits per heavy atom. The Hall–Kier alpha value is -0.610. The summed E-state index contributed by atoms with van der Waals surface area (Å²) in [7, 11) is 0. The van der Waals surface area contributed by atoms with Crippen LogP contribution in [0.2, 0.25) is 0 Å². The molecule has 1 unspecified atom stereocenters. The summed E-state index contributed by atoms with van der Waals surface area (Å²) in [6.45, 7) is 8.47. The highest BCUT2D eigenvalue weighted by Crippen LogP contribution is 2.17. The number of nitrogens with one attached hydrogen (secondary N) is 1. The molecule has 1 atom stereocenters. The van der Waals surface area contributed by atoms with E-state index in [2.05, 4.69) is 24.1 Å². The third kappa shape index (κ3) is 7.25. The second kappa shape index (κ2) is 10.2. The van der Waals surface area contributed by atoms with E-state index >= 15 is 0 Å². The molecular formula is C16H33N3O. The first kappa shape index (κ1) is 17.4. The van der Waals surface area contributed by atoms with Gasteiger partial charge in [-0.05, 0) is 58.5 Å². The van der Waals surface area contributed by atoms with Crippen LogP contribution in [-0.4, -0.2) is 43.0 Å². The fourth-order valence-corrected chi connectivity index (χ4v) is 2.86. The van der Waals surface area contributed by atoms with Crippen molar-refractivity contribution in [2.75, 3.05) is 26.2 Å². The van der Waals surface area contributed by atoms with Gasteiger partial charge in [0.15, 0.2) is 0 Å². The summed E-state index contributed by atoms with van der Waals surface area (Å²) in [5.41, 5.74) is 5.45. The number of carbonyl (C=O) groups is 1. The second-order valence-corrected chi connectivity index (χ2v) is 6.35. The maximum atomic E-state index is 11.8. The molecule has 1 rings (SSSR count). The Balaban J connectivity index is 2.08. The molecule has 1 heterocycles. The minimum atomic E-state index is 0.222. The summed E-state index contributed by atoms with van der Waals surface area (Å²) in [6.07, 6.45) is 7.53. The van der Waals surface area contributed by atoms with Crippen LogP contribution in [0.15, 0.2) is 0 Å². The molecule has 0 aromatic carbocycles. The maximum absolute atomic E-state index is 11.8. The van der Waals surface area contributed by atoms with Gasteiger partial charge in [0.1, 0.15) is 0 Å². The number of carbonyl (C=O) groups excluding carboxylic acids is 1. The van der Waals surface area contributed by atoms with Crippen LogP contribution in [0.25, 0.3) is 0 Å². The maximum Gasteiger partial charge on any atom is 0.220 e. The molecule has 0 aromatic rings. The first-order chi connectivity index (χ1) is 9.63. The molecule has 1 aliphatic rings. The molecule has 0 aliphatic carbocycles. The number of hydrogen-bond donors (Lipinski definition) is 2. The normalized spacial score (nSPS) is 20.3.